The van der Waals surface area contributed by atoms with Crippen molar-refractivity contribution in [3.63, 3.8) is 0 Å². The van der Waals surface area contributed by atoms with Crippen molar-refractivity contribution in [2.45, 2.75) is 57.4 Å². The largest absolute Gasteiger partial charge is 0.376 e. The fourth-order valence-electron chi connectivity index (χ4n) is 3.35. The second-order valence-corrected chi connectivity index (χ2v) is 6.75. The first-order valence-electron chi connectivity index (χ1n) is 8.97. The molecular weight excluding hydrogens is 308 g/mol. The summed E-state index contributed by atoms with van der Waals surface area (Å²) in [6.07, 6.45) is 8.16. The van der Waals surface area contributed by atoms with Gasteiger partial charge in [-0.15, -0.1) is 0 Å². The molecule has 0 aliphatic carbocycles. The Morgan fingerprint density at radius 1 is 1.29 bits per heavy atom. The zero-order valence-electron chi connectivity index (χ0n) is 14.4. The normalized spacial score (nSPS) is 24.9. The number of rotatable bonds is 7. The molecule has 0 saturated carbocycles. The summed E-state index contributed by atoms with van der Waals surface area (Å²) in [5.74, 6) is 0. The fourth-order valence-corrected chi connectivity index (χ4v) is 3.35. The molecule has 3 rings (SSSR count). The van der Waals surface area contributed by atoms with Gasteiger partial charge in [0.05, 0.1) is 18.8 Å². The first kappa shape index (κ1) is 17.2. The molecule has 0 unspecified atom stereocenters. The highest BCUT2D eigenvalue weighted by molar-refractivity contribution is 5.74. The van der Waals surface area contributed by atoms with Crippen LogP contribution >= 0.6 is 0 Å². The lowest BCUT2D eigenvalue weighted by molar-refractivity contribution is 0.0493. The molecule has 0 bridgehead atoms. The maximum atomic E-state index is 12.7. The standard InChI is InChI=1S/C17H28N4O3/c1-14(11-21-8-4-7-18-21)19-17(22)20(12-15-5-2-9-23-15)13-16-6-3-10-24-16/h4,7-8,14-16H,2-3,5-6,9-13H2,1H3,(H,19,22)/t14-,15+,16+/m1/s1. The van der Waals surface area contributed by atoms with Crippen LogP contribution in [0.4, 0.5) is 4.79 Å². The van der Waals surface area contributed by atoms with Crippen molar-refractivity contribution in [2.24, 2.45) is 0 Å². The zero-order valence-corrected chi connectivity index (χ0v) is 14.4. The van der Waals surface area contributed by atoms with E-state index in [1.165, 1.54) is 0 Å². The van der Waals surface area contributed by atoms with Crippen LogP contribution in [0.2, 0.25) is 0 Å². The van der Waals surface area contributed by atoms with E-state index in [0.29, 0.717) is 19.6 Å². The van der Waals surface area contributed by atoms with Crippen LogP contribution in [0.1, 0.15) is 32.6 Å². The SMILES string of the molecule is C[C@H](Cn1cccn1)NC(=O)N(C[C@@H]1CCCO1)C[C@@H]1CCCO1. The second-order valence-electron chi connectivity index (χ2n) is 6.75. The molecule has 3 atom stereocenters. The van der Waals surface area contributed by atoms with E-state index in [4.69, 9.17) is 9.47 Å². The van der Waals surface area contributed by atoms with Crippen LogP contribution in [0.25, 0.3) is 0 Å². The van der Waals surface area contributed by atoms with Crippen LogP contribution in [0.3, 0.4) is 0 Å². The lowest BCUT2D eigenvalue weighted by Crippen LogP contribution is -2.50. The molecule has 1 aromatic heterocycles. The summed E-state index contributed by atoms with van der Waals surface area (Å²) >= 11 is 0. The third-order valence-corrected chi connectivity index (χ3v) is 4.57. The zero-order chi connectivity index (χ0) is 16.8. The molecule has 2 amide bonds. The monoisotopic (exact) mass is 336 g/mol. The third-order valence-electron chi connectivity index (χ3n) is 4.57. The minimum Gasteiger partial charge on any atom is -0.376 e. The third kappa shape index (κ3) is 4.95. The maximum Gasteiger partial charge on any atom is 0.317 e. The number of aromatic nitrogens is 2. The molecule has 7 nitrogen and oxygen atoms in total. The number of nitrogens with zero attached hydrogens (tertiary/aromatic N) is 3. The van der Waals surface area contributed by atoms with Crippen LogP contribution in [0.5, 0.6) is 0 Å². The minimum absolute atomic E-state index is 0.00823. The highest BCUT2D eigenvalue weighted by Crippen LogP contribution is 2.17. The molecule has 2 aliphatic rings. The van der Waals surface area contributed by atoms with Crippen molar-refractivity contribution in [1.82, 2.24) is 20.0 Å². The quantitative estimate of drug-likeness (QED) is 0.822. The van der Waals surface area contributed by atoms with Gasteiger partial charge in [-0.3, -0.25) is 4.68 Å². The van der Waals surface area contributed by atoms with Gasteiger partial charge in [0.15, 0.2) is 0 Å². The first-order valence-corrected chi connectivity index (χ1v) is 8.97. The number of nitrogens with one attached hydrogen (secondary N) is 1. The smallest absolute Gasteiger partial charge is 0.317 e. The van der Waals surface area contributed by atoms with Gasteiger partial charge in [0.2, 0.25) is 0 Å². The van der Waals surface area contributed by atoms with Crippen molar-refractivity contribution in [1.29, 1.82) is 0 Å². The summed E-state index contributed by atoms with van der Waals surface area (Å²) in [7, 11) is 0. The predicted octanol–water partition coefficient (Wildman–Crippen LogP) is 1.64. The number of amides is 2. The molecule has 0 radical (unpaired) electrons. The molecule has 0 aromatic carbocycles. The second kappa shape index (κ2) is 8.48. The van der Waals surface area contributed by atoms with Gasteiger partial charge in [-0.1, -0.05) is 0 Å². The van der Waals surface area contributed by atoms with Gasteiger partial charge in [0.25, 0.3) is 0 Å². The van der Waals surface area contributed by atoms with Crippen molar-refractivity contribution in [3.05, 3.63) is 18.5 Å². The number of carbonyl (C=O) groups is 1. The Morgan fingerprint density at radius 2 is 1.96 bits per heavy atom. The van der Waals surface area contributed by atoms with E-state index < -0.39 is 0 Å². The number of ether oxygens (including phenoxy) is 2. The topological polar surface area (TPSA) is 68.6 Å². The van der Waals surface area contributed by atoms with E-state index in [-0.39, 0.29) is 24.3 Å². The van der Waals surface area contributed by atoms with Crippen LogP contribution in [0.15, 0.2) is 18.5 Å². The molecule has 2 fully saturated rings. The van der Waals surface area contributed by atoms with E-state index in [0.717, 1.165) is 38.9 Å². The Morgan fingerprint density at radius 3 is 2.46 bits per heavy atom. The van der Waals surface area contributed by atoms with E-state index in [9.17, 15) is 4.79 Å². The maximum absolute atomic E-state index is 12.7. The molecular formula is C17H28N4O3. The Kier molecular flexibility index (Phi) is 6.09. The molecule has 134 valence electrons. The van der Waals surface area contributed by atoms with Crippen molar-refractivity contribution in [2.75, 3.05) is 26.3 Å². The number of urea groups is 1. The first-order chi connectivity index (χ1) is 11.7. The molecule has 2 aliphatic heterocycles. The summed E-state index contributed by atoms with van der Waals surface area (Å²) in [6, 6.07) is 1.85. The average molecular weight is 336 g/mol. The molecule has 24 heavy (non-hydrogen) atoms. The number of hydrogen-bond acceptors (Lipinski definition) is 4. The Labute approximate surface area is 143 Å². The number of carbonyl (C=O) groups excluding carboxylic acids is 1. The lowest BCUT2D eigenvalue weighted by atomic mass is 10.2. The summed E-state index contributed by atoms with van der Waals surface area (Å²) in [4.78, 5) is 14.6. The Bertz CT molecular complexity index is 478. The summed E-state index contributed by atoms with van der Waals surface area (Å²) in [5, 5.41) is 7.27. The van der Waals surface area contributed by atoms with E-state index in [1.807, 2.05) is 28.8 Å². The summed E-state index contributed by atoms with van der Waals surface area (Å²) < 4.78 is 13.3. The van der Waals surface area contributed by atoms with Gasteiger partial charge >= 0.3 is 6.03 Å². The molecule has 0 spiro atoms. The number of hydrogen-bond donors (Lipinski definition) is 1. The summed E-state index contributed by atoms with van der Waals surface area (Å²) in [6.45, 7) is 5.54. The minimum atomic E-state index is -0.0411. The Hall–Kier alpha value is -1.60. The molecule has 3 heterocycles. The van der Waals surface area contributed by atoms with Gasteiger partial charge in [-0.25, -0.2) is 4.79 Å². The van der Waals surface area contributed by atoms with Crippen LogP contribution in [-0.2, 0) is 16.0 Å². The molecule has 1 aromatic rings. The molecule has 1 N–H and O–H groups in total. The van der Waals surface area contributed by atoms with E-state index >= 15 is 0 Å². The average Bonchev–Trinajstić information content (AvgIpc) is 3.30. The highest BCUT2D eigenvalue weighted by Gasteiger charge is 2.27. The fraction of sp³-hybridized carbons (Fsp3) is 0.765. The Balaban J connectivity index is 1.54. The lowest BCUT2D eigenvalue weighted by Gasteiger charge is -2.29. The predicted molar refractivity (Wildman–Crippen MR) is 89.7 cm³/mol. The van der Waals surface area contributed by atoms with Gasteiger partial charge in [-0.2, -0.15) is 5.10 Å². The molecule has 7 heteroatoms. The van der Waals surface area contributed by atoms with Crippen molar-refractivity contribution in [3.8, 4) is 0 Å². The van der Waals surface area contributed by atoms with E-state index in [1.54, 1.807) is 6.20 Å². The van der Waals surface area contributed by atoms with Gasteiger partial charge in [0, 0.05) is 44.7 Å². The highest BCUT2D eigenvalue weighted by atomic mass is 16.5. The van der Waals surface area contributed by atoms with E-state index in [2.05, 4.69) is 10.4 Å². The molecule has 2 saturated heterocycles. The van der Waals surface area contributed by atoms with Crippen LogP contribution in [-0.4, -0.2) is 65.3 Å². The van der Waals surface area contributed by atoms with Gasteiger partial charge < -0.3 is 19.7 Å². The van der Waals surface area contributed by atoms with Crippen molar-refractivity contribution < 1.29 is 14.3 Å². The van der Waals surface area contributed by atoms with Gasteiger partial charge in [-0.05, 0) is 38.7 Å². The summed E-state index contributed by atoms with van der Waals surface area (Å²) in [5.41, 5.74) is 0. The van der Waals surface area contributed by atoms with Crippen molar-refractivity contribution >= 4 is 6.03 Å². The van der Waals surface area contributed by atoms with Crippen LogP contribution in [0, 0.1) is 0 Å². The van der Waals surface area contributed by atoms with Crippen LogP contribution < -0.4 is 5.32 Å². The van der Waals surface area contributed by atoms with Gasteiger partial charge in [0.1, 0.15) is 0 Å².